The first-order valence-corrected chi connectivity index (χ1v) is 5.43. The molecule has 0 N–H and O–H groups in total. The van der Waals surface area contributed by atoms with Gasteiger partial charge >= 0.3 is 0 Å². The number of hydrogen-bond acceptors (Lipinski definition) is 2. The maximum Gasteiger partial charge on any atom is 0.235 e. The summed E-state index contributed by atoms with van der Waals surface area (Å²) in [7, 11) is 0. The number of aliphatic imine (C=N–C) groups is 1. The molecule has 0 atom stereocenters. The zero-order chi connectivity index (χ0) is 11.0. The van der Waals surface area contributed by atoms with Gasteiger partial charge in [0.25, 0.3) is 0 Å². The minimum Gasteiger partial charge on any atom is -0.211 e. The van der Waals surface area contributed by atoms with Crippen molar-refractivity contribution in [3.05, 3.63) is 48.0 Å². The summed E-state index contributed by atoms with van der Waals surface area (Å²) < 4.78 is 0. The van der Waals surface area contributed by atoms with Crippen LogP contribution < -0.4 is 0 Å². The summed E-state index contributed by atoms with van der Waals surface area (Å²) in [6, 6.07) is 14.4. The normalized spacial score (nSPS) is 16.8. The molecule has 1 aliphatic rings. The number of nitrogens with zero attached hydrogens (tertiary/aromatic N) is 1. The summed E-state index contributed by atoms with van der Waals surface area (Å²) in [6.07, 6.45) is 3.62. The molecule has 3 rings (SSSR count). The Kier molecular flexibility index (Phi) is 1.92. The Hall–Kier alpha value is -1.92. The summed E-state index contributed by atoms with van der Waals surface area (Å²) in [5, 5.41) is 2.40. The minimum absolute atomic E-state index is 0.275. The number of fused-ring (bicyclic) bond motifs is 1. The third-order valence-electron chi connectivity index (χ3n) is 3.27. The average molecular weight is 209 g/mol. The van der Waals surface area contributed by atoms with Crippen LogP contribution in [0.5, 0.6) is 0 Å². The van der Waals surface area contributed by atoms with Crippen molar-refractivity contribution in [3.8, 4) is 0 Å². The van der Waals surface area contributed by atoms with Crippen LogP contribution in [0.25, 0.3) is 10.8 Å². The molecule has 16 heavy (non-hydrogen) atoms. The number of carbonyl (C=O) groups excluding carboxylic acids is 1. The van der Waals surface area contributed by atoms with E-state index in [0.717, 1.165) is 18.4 Å². The predicted molar refractivity (Wildman–Crippen MR) is 63.0 cm³/mol. The van der Waals surface area contributed by atoms with Gasteiger partial charge in [-0.25, -0.2) is 4.79 Å². The summed E-state index contributed by atoms with van der Waals surface area (Å²) in [5.41, 5.74) is 0.886. The Balaban J connectivity index is 2.28. The van der Waals surface area contributed by atoms with Crippen molar-refractivity contribution in [2.75, 3.05) is 0 Å². The van der Waals surface area contributed by atoms with Crippen molar-refractivity contribution >= 4 is 16.9 Å². The van der Waals surface area contributed by atoms with Gasteiger partial charge in [0.1, 0.15) is 0 Å². The molecule has 0 unspecified atom stereocenters. The molecule has 1 fully saturated rings. The van der Waals surface area contributed by atoms with E-state index < -0.39 is 0 Å². The first kappa shape index (κ1) is 9.32. The van der Waals surface area contributed by atoms with Crippen LogP contribution in [0.15, 0.2) is 47.5 Å². The van der Waals surface area contributed by atoms with Gasteiger partial charge in [-0.05, 0) is 29.2 Å². The lowest BCUT2D eigenvalue weighted by Crippen LogP contribution is -2.02. The second-order valence-electron chi connectivity index (χ2n) is 4.26. The molecule has 2 heteroatoms. The van der Waals surface area contributed by atoms with Gasteiger partial charge < -0.3 is 0 Å². The molecular weight excluding hydrogens is 198 g/mol. The highest BCUT2D eigenvalue weighted by atomic mass is 16.1. The highest BCUT2D eigenvalue weighted by molar-refractivity contribution is 5.87. The van der Waals surface area contributed by atoms with E-state index in [0.29, 0.717) is 0 Å². The first-order valence-electron chi connectivity index (χ1n) is 5.43. The quantitative estimate of drug-likeness (QED) is 0.551. The molecule has 1 saturated carbocycles. The van der Waals surface area contributed by atoms with Gasteiger partial charge in [0.05, 0.1) is 5.54 Å². The topological polar surface area (TPSA) is 29.4 Å². The molecule has 2 nitrogen and oxygen atoms in total. The number of hydrogen-bond donors (Lipinski definition) is 0. The van der Waals surface area contributed by atoms with Gasteiger partial charge in [-0.2, -0.15) is 4.99 Å². The van der Waals surface area contributed by atoms with E-state index in [2.05, 4.69) is 29.3 Å². The monoisotopic (exact) mass is 209 g/mol. The van der Waals surface area contributed by atoms with Crippen molar-refractivity contribution in [2.45, 2.75) is 18.4 Å². The SMILES string of the molecule is O=C=NC1(c2cccc3ccccc23)CC1. The molecular formula is C14H11NO. The lowest BCUT2D eigenvalue weighted by Gasteiger charge is -2.11. The van der Waals surface area contributed by atoms with E-state index in [1.807, 2.05) is 18.2 Å². The van der Waals surface area contributed by atoms with Crippen molar-refractivity contribution in [1.29, 1.82) is 0 Å². The van der Waals surface area contributed by atoms with E-state index in [1.165, 1.54) is 10.8 Å². The summed E-state index contributed by atoms with van der Waals surface area (Å²) >= 11 is 0. The largest absolute Gasteiger partial charge is 0.235 e. The van der Waals surface area contributed by atoms with Crippen LogP contribution in [-0.2, 0) is 10.3 Å². The molecule has 0 aliphatic heterocycles. The van der Waals surface area contributed by atoms with Crippen molar-refractivity contribution in [2.24, 2.45) is 4.99 Å². The van der Waals surface area contributed by atoms with Crippen LogP contribution in [0.4, 0.5) is 0 Å². The van der Waals surface area contributed by atoms with Crippen LogP contribution in [0.2, 0.25) is 0 Å². The van der Waals surface area contributed by atoms with Gasteiger partial charge in [-0.1, -0.05) is 42.5 Å². The maximum atomic E-state index is 10.5. The lowest BCUT2D eigenvalue weighted by atomic mass is 9.97. The first-order chi connectivity index (χ1) is 7.86. The fraction of sp³-hybridized carbons (Fsp3) is 0.214. The fourth-order valence-electron chi connectivity index (χ4n) is 2.28. The van der Waals surface area contributed by atoms with Crippen molar-refractivity contribution in [1.82, 2.24) is 0 Å². The number of rotatable bonds is 2. The second-order valence-corrected chi connectivity index (χ2v) is 4.26. The van der Waals surface area contributed by atoms with E-state index in [9.17, 15) is 4.79 Å². The molecule has 78 valence electrons. The van der Waals surface area contributed by atoms with Crippen molar-refractivity contribution < 1.29 is 4.79 Å². The smallest absolute Gasteiger partial charge is 0.211 e. The van der Waals surface area contributed by atoms with Crippen LogP contribution in [-0.4, -0.2) is 6.08 Å². The molecule has 2 aromatic rings. The van der Waals surface area contributed by atoms with Crippen LogP contribution >= 0.6 is 0 Å². The Labute approximate surface area is 93.6 Å². The van der Waals surface area contributed by atoms with Crippen LogP contribution in [0.1, 0.15) is 18.4 Å². The van der Waals surface area contributed by atoms with E-state index in [4.69, 9.17) is 0 Å². The van der Waals surface area contributed by atoms with Gasteiger partial charge in [0.15, 0.2) is 0 Å². The second kappa shape index (κ2) is 3.29. The number of isocyanates is 1. The summed E-state index contributed by atoms with van der Waals surface area (Å²) in [4.78, 5) is 14.5. The molecule has 1 aliphatic carbocycles. The highest BCUT2D eigenvalue weighted by Crippen LogP contribution is 2.51. The van der Waals surface area contributed by atoms with Gasteiger partial charge in [0.2, 0.25) is 6.08 Å². The third-order valence-corrected chi connectivity index (χ3v) is 3.27. The molecule has 0 spiro atoms. The van der Waals surface area contributed by atoms with Crippen LogP contribution in [0.3, 0.4) is 0 Å². The zero-order valence-electron chi connectivity index (χ0n) is 8.81. The molecule has 0 radical (unpaired) electrons. The van der Waals surface area contributed by atoms with Gasteiger partial charge in [0, 0.05) is 0 Å². The predicted octanol–water partition coefficient (Wildman–Crippen LogP) is 3.16. The molecule has 2 aromatic carbocycles. The summed E-state index contributed by atoms with van der Waals surface area (Å²) in [6.45, 7) is 0. The standard InChI is InChI=1S/C14H11NO/c16-10-15-14(8-9-14)13-7-3-5-11-4-1-2-6-12(11)13/h1-7H,8-9H2. The fourth-order valence-corrected chi connectivity index (χ4v) is 2.28. The third kappa shape index (κ3) is 1.28. The number of benzene rings is 2. The average Bonchev–Trinajstić information content (AvgIpc) is 3.10. The van der Waals surface area contributed by atoms with E-state index in [1.54, 1.807) is 6.08 Å². The molecule has 0 aromatic heterocycles. The van der Waals surface area contributed by atoms with Crippen molar-refractivity contribution in [3.63, 3.8) is 0 Å². The lowest BCUT2D eigenvalue weighted by molar-refractivity contribution is 0.556. The Morgan fingerprint density at radius 2 is 1.81 bits per heavy atom. The Morgan fingerprint density at radius 1 is 1.06 bits per heavy atom. The molecule has 0 amide bonds. The Bertz CT molecular complexity index is 587. The maximum absolute atomic E-state index is 10.5. The van der Waals surface area contributed by atoms with Gasteiger partial charge in [-0.15, -0.1) is 0 Å². The Morgan fingerprint density at radius 3 is 2.56 bits per heavy atom. The van der Waals surface area contributed by atoms with E-state index in [-0.39, 0.29) is 5.54 Å². The summed E-state index contributed by atoms with van der Waals surface area (Å²) in [5.74, 6) is 0. The molecule has 0 heterocycles. The van der Waals surface area contributed by atoms with E-state index >= 15 is 0 Å². The van der Waals surface area contributed by atoms with Crippen LogP contribution in [0, 0.1) is 0 Å². The molecule has 0 saturated heterocycles. The highest BCUT2D eigenvalue weighted by Gasteiger charge is 2.45. The minimum atomic E-state index is -0.275. The van der Waals surface area contributed by atoms with Gasteiger partial charge in [-0.3, -0.25) is 0 Å². The molecule has 0 bridgehead atoms. The zero-order valence-corrected chi connectivity index (χ0v) is 8.81.